The van der Waals surface area contributed by atoms with E-state index < -0.39 is 32.7 Å². The molecule has 0 bridgehead atoms. The predicted molar refractivity (Wildman–Crippen MR) is 69.2 cm³/mol. The third-order valence-electron chi connectivity index (χ3n) is 2.63. The van der Waals surface area contributed by atoms with Crippen molar-refractivity contribution < 1.29 is 22.7 Å². The molecule has 5 nitrogen and oxygen atoms in total. The van der Waals surface area contributed by atoms with Crippen molar-refractivity contribution >= 4 is 39.4 Å². The number of nitrogens with zero attached hydrogens (tertiary/aromatic N) is 1. The summed E-state index contributed by atoms with van der Waals surface area (Å²) in [7, 11) is -4.21. The zero-order valence-electron chi connectivity index (χ0n) is 9.42. The smallest absolute Gasteiger partial charge is 0.322 e. The Morgan fingerprint density at radius 2 is 2.21 bits per heavy atom. The number of aliphatic carboxylic acids is 1. The standard InChI is InChI=1S/C10H9ClFNO4S2/c11-6-2-1-3-8(9(6)12)19(16,17)13-5-18-4-7(13)10(14)15/h1-3,7H,4-5H2,(H,14,15). The van der Waals surface area contributed by atoms with Crippen LogP contribution in [0.4, 0.5) is 4.39 Å². The van der Waals surface area contributed by atoms with Gasteiger partial charge in [0, 0.05) is 5.75 Å². The maximum atomic E-state index is 13.8. The van der Waals surface area contributed by atoms with Crippen molar-refractivity contribution in [3.05, 3.63) is 29.0 Å². The molecule has 1 unspecified atom stereocenters. The highest BCUT2D eigenvalue weighted by molar-refractivity contribution is 8.00. The minimum absolute atomic E-state index is 0.0226. The van der Waals surface area contributed by atoms with Gasteiger partial charge < -0.3 is 5.11 Å². The van der Waals surface area contributed by atoms with E-state index in [0.717, 1.165) is 22.1 Å². The van der Waals surface area contributed by atoms with Gasteiger partial charge in [-0.3, -0.25) is 4.79 Å². The summed E-state index contributed by atoms with van der Waals surface area (Å²) in [5.74, 6) is -2.21. The van der Waals surface area contributed by atoms with Gasteiger partial charge in [-0.2, -0.15) is 4.31 Å². The summed E-state index contributed by atoms with van der Waals surface area (Å²) >= 11 is 6.71. The number of carboxylic acids is 1. The molecule has 0 spiro atoms. The average molecular weight is 326 g/mol. The van der Waals surface area contributed by atoms with Crippen molar-refractivity contribution in [2.75, 3.05) is 11.6 Å². The fraction of sp³-hybridized carbons (Fsp3) is 0.300. The van der Waals surface area contributed by atoms with Crippen LogP contribution >= 0.6 is 23.4 Å². The van der Waals surface area contributed by atoms with E-state index in [0.29, 0.717) is 0 Å². The Labute approximate surface area is 118 Å². The lowest BCUT2D eigenvalue weighted by Crippen LogP contribution is -2.41. The van der Waals surface area contributed by atoms with E-state index in [2.05, 4.69) is 0 Å². The maximum absolute atomic E-state index is 13.8. The third-order valence-corrected chi connectivity index (χ3v) is 5.97. The molecule has 0 radical (unpaired) electrons. The van der Waals surface area contributed by atoms with Crippen LogP contribution in [0.25, 0.3) is 0 Å². The van der Waals surface area contributed by atoms with Crippen LogP contribution in [0.15, 0.2) is 23.1 Å². The molecule has 9 heteroatoms. The highest BCUT2D eigenvalue weighted by atomic mass is 35.5. The quantitative estimate of drug-likeness (QED) is 0.914. The predicted octanol–water partition coefficient (Wildman–Crippen LogP) is 1.63. The van der Waals surface area contributed by atoms with E-state index in [-0.39, 0.29) is 16.7 Å². The molecule has 104 valence electrons. The lowest BCUT2D eigenvalue weighted by molar-refractivity contribution is -0.140. The van der Waals surface area contributed by atoms with Gasteiger partial charge in [-0.1, -0.05) is 17.7 Å². The molecule has 1 aliphatic heterocycles. The third kappa shape index (κ3) is 2.58. The Kier molecular flexibility index (Phi) is 4.05. The molecule has 1 aromatic carbocycles. The van der Waals surface area contributed by atoms with Crippen LogP contribution in [0.5, 0.6) is 0 Å². The summed E-state index contributed by atoms with van der Waals surface area (Å²) in [6.07, 6.45) is 0. The maximum Gasteiger partial charge on any atom is 0.322 e. The highest BCUT2D eigenvalue weighted by Gasteiger charge is 2.41. The van der Waals surface area contributed by atoms with E-state index in [4.69, 9.17) is 16.7 Å². The molecule has 0 aromatic heterocycles. The molecule has 1 saturated heterocycles. The SMILES string of the molecule is O=C(O)C1CSCN1S(=O)(=O)c1cccc(Cl)c1F. The number of carbonyl (C=O) groups is 1. The van der Waals surface area contributed by atoms with Gasteiger partial charge in [0.1, 0.15) is 10.9 Å². The molecule has 0 aliphatic carbocycles. The zero-order chi connectivity index (χ0) is 14.2. The molecule has 0 saturated carbocycles. The Bertz CT molecular complexity index is 622. The van der Waals surface area contributed by atoms with Gasteiger partial charge in [-0.15, -0.1) is 11.8 Å². The number of thioether (sulfide) groups is 1. The van der Waals surface area contributed by atoms with Crippen LogP contribution in [-0.2, 0) is 14.8 Å². The van der Waals surface area contributed by atoms with E-state index >= 15 is 0 Å². The molecule has 1 heterocycles. The Hall–Kier alpha value is -0.830. The van der Waals surface area contributed by atoms with Crippen LogP contribution in [0.3, 0.4) is 0 Å². The van der Waals surface area contributed by atoms with Crippen LogP contribution in [0.2, 0.25) is 5.02 Å². The van der Waals surface area contributed by atoms with Gasteiger partial charge in [-0.05, 0) is 12.1 Å². The monoisotopic (exact) mass is 325 g/mol. The first-order valence-corrected chi connectivity index (χ1v) is 8.09. The number of rotatable bonds is 3. The number of sulfonamides is 1. The molecule has 2 rings (SSSR count). The molecule has 1 aliphatic rings. The first kappa shape index (κ1) is 14.6. The largest absolute Gasteiger partial charge is 0.480 e. The van der Waals surface area contributed by atoms with E-state index in [1.807, 2.05) is 0 Å². The second-order valence-electron chi connectivity index (χ2n) is 3.80. The molecule has 1 N–H and O–H groups in total. The van der Waals surface area contributed by atoms with Crippen molar-refractivity contribution in [1.29, 1.82) is 0 Å². The van der Waals surface area contributed by atoms with Crippen molar-refractivity contribution in [2.24, 2.45) is 0 Å². The van der Waals surface area contributed by atoms with Crippen molar-refractivity contribution in [1.82, 2.24) is 4.31 Å². The van der Waals surface area contributed by atoms with E-state index in [1.165, 1.54) is 12.1 Å². The van der Waals surface area contributed by atoms with Crippen molar-refractivity contribution in [2.45, 2.75) is 10.9 Å². The molecular weight excluding hydrogens is 317 g/mol. The fourth-order valence-corrected chi connectivity index (χ4v) is 5.12. The summed E-state index contributed by atoms with van der Waals surface area (Å²) in [5.41, 5.74) is 0. The van der Waals surface area contributed by atoms with Crippen molar-refractivity contribution in [3.63, 3.8) is 0 Å². The first-order chi connectivity index (χ1) is 8.85. The average Bonchev–Trinajstić information content (AvgIpc) is 2.82. The van der Waals surface area contributed by atoms with Gasteiger partial charge in [-0.25, -0.2) is 12.8 Å². The van der Waals surface area contributed by atoms with Crippen LogP contribution in [0.1, 0.15) is 0 Å². The van der Waals surface area contributed by atoms with Crippen molar-refractivity contribution in [3.8, 4) is 0 Å². The Balaban J connectivity index is 2.48. The second kappa shape index (κ2) is 5.28. The Morgan fingerprint density at radius 3 is 2.84 bits per heavy atom. The molecule has 0 amide bonds. The number of carboxylic acid groups (broad SMARTS) is 1. The molecule has 19 heavy (non-hydrogen) atoms. The first-order valence-electron chi connectivity index (χ1n) is 5.12. The number of hydrogen-bond acceptors (Lipinski definition) is 4. The summed E-state index contributed by atoms with van der Waals surface area (Å²) in [4.78, 5) is 10.4. The molecule has 1 aromatic rings. The van der Waals surface area contributed by atoms with E-state index in [1.54, 1.807) is 0 Å². The van der Waals surface area contributed by atoms with E-state index in [9.17, 15) is 17.6 Å². The highest BCUT2D eigenvalue weighted by Crippen LogP contribution is 2.31. The lowest BCUT2D eigenvalue weighted by atomic mass is 10.3. The van der Waals surface area contributed by atoms with Crippen LogP contribution in [-0.4, -0.2) is 41.5 Å². The zero-order valence-corrected chi connectivity index (χ0v) is 11.8. The molecule has 1 atom stereocenters. The second-order valence-corrected chi connectivity index (χ2v) is 7.06. The number of hydrogen-bond donors (Lipinski definition) is 1. The van der Waals surface area contributed by atoms with Gasteiger partial charge in [0.15, 0.2) is 5.82 Å². The topological polar surface area (TPSA) is 74.7 Å². The van der Waals surface area contributed by atoms with Crippen LogP contribution in [0, 0.1) is 5.82 Å². The van der Waals surface area contributed by atoms with Gasteiger partial charge in [0.2, 0.25) is 10.0 Å². The summed E-state index contributed by atoms with van der Waals surface area (Å²) in [6.45, 7) is 0. The summed E-state index contributed by atoms with van der Waals surface area (Å²) in [5, 5.41) is 8.66. The molecule has 1 fully saturated rings. The molecular formula is C10H9ClFNO4S2. The Morgan fingerprint density at radius 1 is 1.53 bits per heavy atom. The minimum atomic E-state index is -4.21. The summed E-state index contributed by atoms with van der Waals surface area (Å²) < 4.78 is 39.1. The normalized spacial score (nSPS) is 20.6. The van der Waals surface area contributed by atoms with Gasteiger partial charge in [0.25, 0.3) is 0 Å². The fourth-order valence-electron chi connectivity index (χ4n) is 1.67. The van der Waals surface area contributed by atoms with Gasteiger partial charge in [0.05, 0.1) is 10.9 Å². The summed E-state index contributed by atoms with van der Waals surface area (Å²) in [6, 6.07) is 2.41. The lowest BCUT2D eigenvalue weighted by Gasteiger charge is -2.20. The van der Waals surface area contributed by atoms with Crippen LogP contribution < -0.4 is 0 Å². The number of halogens is 2. The van der Waals surface area contributed by atoms with Gasteiger partial charge >= 0.3 is 5.97 Å². The number of benzene rings is 1. The minimum Gasteiger partial charge on any atom is -0.480 e.